The monoisotopic (exact) mass is 206 g/mol. The first-order valence-electron chi connectivity index (χ1n) is 5.22. The van der Waals surface area contributed by atoms with Crippen molar-refractivity contribution in [3.8, 4) is 0 Å². The molecule has 0 aliphatic rings. The van der Waals surface area contributed by atoms with Gasteiger partial charge in [-0.25, -0.2) is 5.84 Å². The maximum atomic E-state index is 11.3. The van der Waals surface area contributed by atoms with Gasteiger partial charge in [0.25, 0.3) is 0 Å². The van der Waals surface area contributed by atoms with E-state index in [1.54, 1.807) is 7.05 Å². The first kappa shape index (κ1) is 11.7. The predicted octanol–water partition coefficient (Wildman–Crippen LogP) is 1.51. The maximum Gasteiger partial charge on any atom is 0.240 e. The fourth-order valence-corrected chi connectivity index (χ4v) is 1.41. The molecule has 1 aromatic rings. The SMILES string of the molecule is CCCc1ccc(CC(=O)N(C)N)cc1. The number of nitrogens with zero attached hydrogens (tertiary/aromatic N) is 1. The molecule has 0 aromatic heterocycles. The zero-order valence-electron chi connectivity index (χ0n) is 9.36. The van der Waals surface area contributed by atoms with Gasteiger partial charge in [0, 0.05) is 7.05 Å². The molecule has 0 aliphatic heterocycles. The standard InChI is InChI=1S/C12H18N2O/c1-3-4-10-5-7-11(8-6-10)9-12(15)14(2)13/h5-8H,3-4,9,13H2,1-2H3. The summed E-state index contributed by atoms with van der Waals surface area (Å²) in [5.74, 6) is 5.27. The Hall–Kier alpha value is -1.35. The molecule has 0 bridgehead atoms. The van der Waals surface area contributed by atoms with Gasteiger partial charge < -0.3 is 0 Å². The number of aryl methyl sites for hydroxylation is 1. The van der Waals surface area contributed by atoms with E-state index in [2.05, 4.69) is 19.1 Å². The summed E-state index contributed by atoms with van der Waals surface area (Å²) in [4.78, 5) is 11.3. The van der Waals surface area contributed by atoms with Crippen LogP contribution in [0, 0.1) is 0 Å². The molecule has 0 atom stereocenters. The lowest BCUT2D eigenvalue weighted by atomic mass is 10.1. The van der Waals surface area contributed by atoms with Crippen molar-refractivity contribution in [1.82, 2.24) is 5.01 Å². The largest absolute Gasteiger partial charge is 0.284 e. The fourth-order valence-electron chi connectivity index (χ4n) is 1.41. The lowest BCUT2D eigenvalue weighted by molar-refractivity contribution is -0.129. The molecule has 0 spiro atoms. The summed E-state index contributed by atoms with van der Waals surface area (Å²) in [7, 11) is 1.56. The number of hydrogen-bond acceptors (Lipinski definition) is 2. The Labute approximate surface area is 90.9 Å². The molecule has 0 saturated heterocycles. The number of amides is 1. The second kappa shape index (κ2) is 5.51. The summed E-state index contributed by atoms with van der Waals surface area (Å²) in [6, 6.07) is 8.13. The fraction of sp³-hybridized carbons (Fsp3) is 0.417. The van der Waals surface area contributed by atoms with Gasteiger partial charge in [-0.05, 0) is 17.5 Å². The van der Waals surface area contributed by atoms with E-state index in [0.29, 0.717) is 6.42 Å². The lowest BCUT2D eigenvalue weighted by Crippen LogP contribution is -2.34. The molecule has 82 valence electrons. The Morgan fingerprint density at radius 3 is 2.27 bits per heavy atom. The smallest absolute Gasteiger partial charge is 0.240 e. The van der Waals surface area contributed by atoms with Crippen molar-refractivity contribution < 1.29 is 4.79 Å². The maximum absolute atomic E-state index is 11.3. The van der Waals surface area contributed by atoms with Gasteiger partial charge >= 0.3 is 0 Å². The van der Waals surface area contributed by atoms with Crippen LogP contribution in [0.2, 0.25) is 0 Å². The number of carbonyl (C=O) groups excluding carboxylic acids is 1. The van der Waals surface area contributed by atoms with Crippen molar-refractivity contribution in [2.24, 2.45) is 5.84 Å². The van der Waals surface area contributed by atoms with Crippen LogP contribution >= 0.6 is 0 Å². The van der Waals surface area contributed by atoms with Crippen molar-refractivity contribution in [1.29, 1.82) is 0 Å². The van der Waals surface area contributed by atoms with Crippen LogP contribution in [0.5, 0.6) is 0 Å². The van der Waals surface area contributed by atoms with Crippen molar-refractivity contribution in [2.45, 2.75) is 26.2 Å². The summed E-state index contributed by atoms with van der Waals surface area (Å²) in [5, 5.41) is 1.12. The third kappa shape index (κ3) is 3.72. The van der Waals surface area contributed by atoms with Crippen LogP contribution in [0.25, 0.3) is 0 Å². The van der Waals surface area contributed by atoms with E-state index < -0.39 is 0 Å². The highest BCUT2D eigenvalue weighted by Gasteiger charge is 2.05. The lowest BCUT2D eigenvalue weighted by Gasteiger charge is -2.09. The Morgan fingerprint density at radius 2 is 1.80 bits per heavy atom. The van der Waals surface area contributed by atoms with Gasteiger partial charge in [-0.15, -0.1) is 0 Å². The van der Waals surface area contributed by atoms with Crippen LogP contribution < -0.4 is 5.84 Å². The summed E-state index contributed by atoms with van der Waals surface area (Å²) < 4.78 is 0. The van der Waals surface area contributed by atoms with Crippen molar-refractivity contribution >= 4 is 5.91 Å². The highest BCUT2D eigenvalue weighted by molar-refractivity contribution is 5.77. The molecule has 2 N–H and O–H groups in total. The zero-order chi connectivity index (χ0) is 11.3. The Morgan fingerprint density at radius 1 is 1.27 bits per heavy atom. The number of hydrogen-bond donors (Lipinski definition) is 1. The molecule has 15 heavy (non-hydrogen) atoms. The minimum atomic E-state index is -0.0711. The topological polar surface area (TPSA) is 46.3 Å². The normalized spacial score (nSPS) is 10.1. The Kier molecular flexibility index (Phi) is 4.31. The second-order valence-corrected chi connectivity index (χ2v) is 3.75. The van der Waals surface area contributed by atoms with Gasteiger partial charge in [0.2, 0.25) is 5.91 Å². The number of rotatable bonds is 4. The molecule has 1 amide bonds. The number of nitrogens with two attached hydrogens (primary N) is 1. The molecule has 3 heteroatoms. The molecular weight excluding hydrogens is 188 g/mol. The molecule has 0 aliphatic carbocycles. The van der Waals surface area contributed by atoms with Crippen molar-refractivity contribution in [2.75, 3.05) is 7.05 Å². The van der Waals surface area contributed by atoms with Crippen LogP contribution in [0.1, 0.15) is 24.5 Å². The van der Waals surface area contributed by atoms with E-state index in [0.717, 1.165) is 23.4 Å². The Balaban J connectivity index is 2.60. The van der Waals surface area contributed by atoms with Gasteiger partial charge in [0.15, 0.2) is 0 Å². The van der Waals surface area contributed by atoms with Gasteiger partial charge in [-0.3, -0.25) is 9.80 Å². The van der Waals surface area contributed by atoms with E-state index in [9.17, 15) is 4.79 Å². The highest BCUT2D eigenvalue weighted by Crippen LogP contribution is 2.07. The van der Waals surface area contributed by atoms with E-state index in [1.807, 2.05) is 12.1 Å². The summed E-state index contributed by atoms with van der Waals surface area (Å²) in [6.45, 7) is 2.15. The third-order valence-corrected chi connectivity index (χ3v) is 2.31. The number of benzene rings is 1. The van der Waals surface area contributed by atoms with Crippen molar-refractivity contribution in [3.05, 3.63) is 35.4 Å². The van der Waals surface area contributed by atoms with Crippen LogP contribution in [0.3, 0.4) is 0 Å². The highest BCUT2D eigenvalue weighted by atomic mass is 16.2. The van der Waals surface area contributed by atoms with Crippen LogP contribution in [0.4, 0.5) is 0 Å². The zero-order valence-corrected chi connectivity index (χ0v) is 9.36. The first-order chi connectivity index (χ1) is 7.13. The average molecular weight is 206 g/mol. The molecular formula is C12H18N2O. The van der Waals surface area contributed by atoms with Gasteiger partial charge in [-0.2, -0.15) is 0 Å². The summed E-state index contributed by atoms with van der Waals surface area (Å²) in [6.07, 6.45) is 2.61. The molecule has 1 rings (SSSR count). The van der Waals surface area contributed by atoms with Crippen LogP contribution in [-0.2, 0) is 17.6 Å². The van der Waals surface area contributed by atoms with Crippen LogP contribution in [-0.4, -0.2) is 18.0 Å². The second-order valence-electron chi connectivity index (χ2n) is 3.75. The first-order valence-corrected chi connectivity index (χ1v) is 5.22. The molecule has 0 heterocycles. The Bertz CT molecular complexity index is 317. The third-order valence-electron chi connectivity index (χ3n) is 2.31. The molecule has 0 radical (unpaired) electrons. The minimum absolute atomic E-state index is 0.0711. The van der Waals surface area contributed by atoms with Crippen LogP contribution in [0.15, 0.2) is 24.3 Å². The molecule has 1 aromatic carbocycles. The number of hydrazine groups is 1. The minimum Gasteiger partial charge on any atom is -0.284 e. The average Bonchev–Trinajstić information content (AvgIpc) is 2.21. The quantitative estimate of drug-likeness (QED) is 0.461. The molecule has 0 unspecified atom stereocenters. The number of likely N-dealkylation sites (N-methyl/N-ethyl adjacent to an activating group) is 1. The number of carbonyl (C=O) groups is 1. The van der Waals surface area contributed by atoms with Gasteiger partial charge in [-0.1, -0.05) is 37.6 Å². The van der Waals surface area contributed by atoms with Gasteiger partial charge in [0.1, 0.15) is 0 Å². The molecule has 0 fully saturated rings. The summed E-state index contributed by atoms with van der Waals surface area (Å²) in [5.41, 5.74) is 2.33. The molecule has 3 nitrogen and oxygen atoms in total. The van der Waals surface area contributed by atoms with E-state index >= 15 is 0 Å². The molecule has 0 saturated carbocycles. The van der Waals surface area contributed by atoms with E-state index in [4.69, 9.17) is 5.84 Å². The van der Waals surface area contributed by atoms with E-state index in [1.165, 1.54) is 5.56 Å². The predicted molar refractivity (Wildman–Crippen MR) is 61.1 cm³/mol. The van der Waals surface area contributed by atoms with Crippen molar-refractivity contribution in [3.63, 3.8) is 0 Å². The summed E-state index contributed by atoms with van der Waals surface area (Å²) >= 11 is 0. The van der Waals surface area contributed by atoms with E-state index in [-0.39, 0.29) is 5.91 Å². The van der Waals surface area contributed by atoms with Gasteiger partial charge in [0.05, 0.1) is 6.42 Å².